The lowest BCUT2D eigenvalue weighted by Crippen LogP contribution is -2.44. The Morgan fingerprint density at radius 2 is 1.89 bits per heavy atom. The molecule has 1 amide bonds. The van der Waals surface area contributed by atoms with Crippen LogP contribution in [0.15, 0.2) is 29.3 Å². The summed E-state index contributed by atoms with van der Waals surface area (Å²) in [7, 11) is 1.83. The highest BCUT2D eigenvalue weighted by Gasteiger charge is 2.21. The van der Waals surface area contributed by atoms with Gasteiger partial charge >= 0.3 is 0 Å². The third-order valence-electron chi connectivity index (χ3n) is 5.68. The summed E-state index contributed by atoms with van der Waals surface area (Å²) in [5.41, 5.74) is 2.45. The van der Waals surface area contributed by atoms with Gasteiger partial charge in [-0.25, -0.2) is 0 Å². The van der Waals surface area contributed by atoms with Crippen LogP contribution in [-0.2, 0) is 17.9 Å². The van der Waals surface area contributed by atoms with Crippen molar-refractivity contribution >= 4 is 35.8 Å². The van der Waals surface area contributed by atoms with Crippen LogP contribution in [0, 0.1) is 5.92 Å². The Kier molecular flexibility index (Phi) is 8.86. The molecule has 1 heterocycles. The number of nitrogens with zero attached hydrogens (tertiary/aromatic N) is 2. The number of amides is 1. The standard InChI is InChI=1S/C21H32N4O.HI/c1-16-9-11-19(12-10-16)24-21(22-2)23-14-17-6-3-4-7-18(17)15-25-13-5-8-20(25)26;/h3-4,6-7,16,19H,5,8-15H2,1-2H3,(H2,22,23,24);1H. The zero-order valence-corrected chi connectivity index (χ0v) is 18.9. The summed E-state index contributed by atoms with van der Waals surface area (Å²) in [5.74, 6) is 2.00. The molecule has 1 aliphatic carbocycles. The van der Waals surface area contributed by atoms with Gasteiger partial charge in [-0.1, -0.05) is 31.2 Å². The molecule has 27 heavy (non-hydrogen) atoms. The summed E-state index contributed by atoms with van der Waals surface area (Å²) < 4.78 is 0. The SMILES string of the molecule is CN=C(NCc1ccccc1CN1CCCC1=O)NC1CCC(C)CC1.I. The molecule has 150 valence electrons. The summed E-state index contributed by atoms with van der Waals surface area (Å²) in [4.78, 5) is 18.3. The second-order valence-corrected chi connectivity index (χ2v) is 7.71. The quantitative estimate of drug-likeness (QED) is 0.381. The first-order valence-corrected chi connectivity index (χ1v) is 9.97. The van der Waals surface area contributed by atoms with Crippen molar-refractivity contribution in [3.63, 3.8) is 0 Å². The lowest BCUT2D eigenvalue weighted by Gasteiger charge is -2.28. The van der Waals surface area contributed by atoms with E-state index in [1.165, 1.54) is 36.8 Å². The predicted molar refractivity (Wildman–Crippen MR) is 121 cm³/mol. The highest BCUT2D eigenvalue weighted by atomic mass is 127. The maximum Gasteiger partial charge on any atom is 0.222 e. The van der Waals surface area contributed by atoms with E-state index in [1.807, 2.05) is 11.9 Å². The van der Waals surface area contributed by atoms with Gasteiger partial charge in [-0.15, -0.1) is 24.0 Å². The van der Waals surface area contributed by atoms with Gasteiger partial charge in [-0.2, -0.15) is 0 Å². The smallest absolute Gasteiger partial charge is 0.222 e. The van der Waals surface area contributed by atoms with E-state index in [0.717, 1.165) is 31.4 Å². The number of aliphatic imine (C=N–C) groups is 1. The monoisotopic (exact) mass is 484 g/mol. The second kappa shape index (κ2) is 10.9. The van der Waals surface area contributed by atoms with Gasteiger partial charge in [0.2, 0.25) is 5.91 Å². The van der Waals surface area contributed by atoms with Crippen LogP contribution in [0.2, 0.25) is 0 Å². The Bertz CT molecular complexity index is 641. The molecule has 6 heteroatoms. The number of carbonyl (C=O) groups is 1. The van der Waals surface area contributed by atoms with E-state index in [0.29, 0.717) is 19.0 Å². The first-order chi connectivity index (χ1) is 12.7. The van der Waals surface area contributed by atoms with Crippen LogP contribution in [0.5, 0.6) is 0 Å². The van der Waals surface area contributed by atoms with Gasteiger partial charge < -0.3 is 15.5 Å². The summed E-state index contributed by atoms with van der Waals surface area (Å²) >= 11 is 0. The van der Waals surface area contributed by atoms with E-state index >= 15 is 0 Å². The minimum atomic E-state index is 0. The molecule has 0 spiro atoms. The van der Waals surface area contributed by atoms with E-state index in [1.54, 1.807) is 0 Å². The largest absolute Gasteiger partial charge is 0.354 e. The number of carbonyl (C=O) groups excluding carboxylic acids is 1. The fraction of sp³-hybridized carbons (Fsp3) is 0.619. The van der Waals surface area contributed by atoms with Crippen molar-refractivity contribution in [1.29, 1.82) is 0 Å². The Balaban J connectivity index is 0.00000261. The number of guanidine groups is 1. The zero-order valence-electron chi connectivity index (χ0n) is 16.5. The van der Waals surface area contributed by atoms with Crippen molar-refractivity contribution in [2.24, 2.45) is 10.9 Å². The highest BCUT2D eigenvalue weighted by molar-refractivity contribution is 14.0. The van der Waals surface area contributed by atoms with Crippen molar-refractivity contribution in [1.82, 2.24) is 15.5 Å². The number of hydrogen-bond donors (Lipinski definition) is 2. The number of nitrogens with one attached hydrogen (secondary N) is 2. The molecule has 0 unspecified atom stereocenters. The van der Waals surface area contributed by atoms with Gasteiger partial charge in [0.1, 0.15) is 0 Å². The van der Waals surface area contributed by atoms with Crippen molar-refractivity contribution in [2.45, 2.75) is 64.6 Å². The van der Waals surface area contributed by atoms with Crippen LogP contribution >= 0.6 is 24.0 Å². The molecule has 1 saturated carbocycles. The lowest BCUT2D eigenvalue weighted by atomic mass is 9.87. The molecule has 0 radical (unpaired) electrons. The molecule has 0 atom stereocenters. The lowest BCUT2D eigenvalue weighted by molar-refractivity contribution is -0.128. The van der Waals surface area contributed by atoms with Crippen LogP contribution in [0.3, 0.4) is 0 Å². The molecule has 1 aromatic rings. The molecule has 1 aliphatic heterocycles. The van der Waals surface area contributed by atoms with Crippen LogP contribution in [0.4, 0.5) is 0 Å². The van der Waals surface area contributed by atoms with Crippen molar-refractivity contribution in [3.8, 4) is 0 Å². The third kappa shape index (κ3) is 6.36. The Labute approximate surface area is 180 Å². The van der Waals surface area contributed by atoms with Crippen LogP contribution in [-0.4, -0.2) is 36.4 Å². The molecule has 1 aromatic carbocycles. The molecule has 0 aromatic heterocycles. The molecule has 2 fully saturated rings. The molecule has 0 bridgehead atoms. The normalized spacial score (nSPS) is 23.1. The van der Waals surface area contributed by atoms with Crippen molar-refractivity contribution in [3.05, 3.63) is 35.4 Å². The first-order valence-electron chi connectivity index (χ1n) is 9.97. The van der Waals surface area contributed by atoms with Gasteiger partial charge in [0.15, 0.2) is 5.96 Å². The molecule has 2 aliphatic rings. The summed E-state index contributed by atoms with van der Waals surface area (Å²) in [5, 5.41) is 7.03. The van der Waals surface area contributed by atoms with E-state index in [4.69, 9.17) is 0 Å². The topological polar surface area (TPSA) is 56.7 Å². The molecule has 2 N–H and O–H groups in total. The highest BCUT2D eigenvalue weighted by Crippen LogP contribution is 2.23. The summed E-state index contributed by atoms with van der Waals surface area (Å²) in [6.07, 6.45) is 6.70. The first kappa shape index (κ1) is 22.0. The minimum Gasteiger partial charge on any atom is -0.354 e. The third-order valence-corrected chi connectivity index (χ3v) is 5.68. The Hall–Kier alpha value is -1.31. The van der Waals surface area contributed by atoms with Gasteiger partial charge in [-0.3, -0.25) is 9.79 Å². The summed E-state index contributed by atoms with van der Waals surface area (Å²) in [6, 6.07) is 8.90. The average molecular weight is 484 g/mol. The maximum absolute atomic E-state index is 11.9. The Morgan fingerprint density at radius 1 is 1.19 bits per heavy atom. The van der Waals surface area contributed by atoms with Crippen molar-refractivity contribution < 1.29 is 4.79 Å². The Morgan fingerprint density at radius 3 is 2.52 bits per heavy atom. The van der Waals surface area contributed by atoms with E-state index in [2.05, 4.69) is 46.8 Å². The van der Waals surface area contributed by atoms with E-state index in [9.17, 15) is 4.79 Å². The average Bonchev–Trinajstić information content (AvgIpc) is 3.06. The molecule has 1 saturated heterocycles. The zero-order chi connectivity index (χ0) is 18.4. The molecular weight excluding hydrogens is 451 g/mol. The second-order valence-electron chi connectivity index (χ2n) is 7.71. The molecular formula is C21H33IN4O. The van der Waals surface area contributed by atoms with E-state index in [-0.39, 0.29) is 29.9 Å². The number of halogens is 1. The van der Waals surface area contributed by atoms with Gasteiger partial charge in [0, 0.05) is 39.1 Å². The number of benzene rings is 1. The van der Waals surface area contributed by atoms with Gasteiger partial charge in [0.05, 0.1) is 0 Å². The van der Waals surface area contributed by atoms with Crippen LogP contribution < -0.4 is 10.6 Å². The number of hydrogen-bond acceptors (Lipinski definition) is 2. The van der Waals surface area contributed by atoms with Crippen LogP contribution in [0.1, 0.15) is 56.6 Å². The predicted octanol–water partition coefficient (Wildman–Crippen LogP) is 3.67. The van der Waals surface area contributed by atoms with E-state index < -0.39 is 0 Å². The van der Waals surface area contributed by atoms with Crippen LogP contribution in [0.25, 0.3) is 0 Å². The molecule has 3 rings (SSSR count). The van der Waals surface area contributed by atoms with Gasteiger partial charge in [-0.05, 0) is 49.1 Å². The number of rotatable bonds is 5. The fourth-order valence-electron chi connectivity index (χ4n) is 3.93. The molecule has 5 nitrogen and oxygen atoms in total. The van der Waals surface area contributed by atoms with Crippen molar-refractivity contribution in [2.75, 3.05) is 13.6 Å². The maximum atomic E-state index is 11.9. The van der Waals surface area contributed by atoms with Gasteiger partial charge in [0.25, 0.3) is 0 Å². The number of likely N-dealkylation sites (tertiary alicyclic amines) is 1. The summed E-state index contributed by atoms with van der Waals surface area (Å²) in [6.45, 7) is 4.65. The minimum absolute atomic E-state index is 0. The fourth-order valence-corrected chi connectivity index (χ4v) is 3.93.